The largest absolute Gasteiger partial charge is 0.502 e. The van der Waals surface area contributed by atoms with Crippen LogP contribution < -0.4 is 4.90 Å². The first-order chi connectivity index (χ1) is 12.3. The first-order valence-electron chi connectivity index (χ1n) is 6.98. The first kappa shape index (κ1) is 18.8. The molecule has 10 heteroatoms. The number of amides is 1. The normalized spacial score (nSPS) is 15.8. The van der Waals surface area contributed by atoms with Crippen LogP contribution in [0.2, 0.25) is 5.02 Å². The third-order valence-electron chi connectivity index (χ3n) is 3.45. The number of carbonyl (C=O) groups is 1. The molecule has 0 bridgehead atoms. The molecule has 26 heavy (non-hydrogen) atoms. The number of nitro groups is 1. The summed E-state index contributed by atoms with van der Waals surface area (Å²) in [5.41, 5.74) is 0.499. The first-order valence-corrected chi connectivity index (χ1v) is 9.38. The number of nitrogens with zero attached hydrogens (tertiary/aromatic N) is 2. The quantitative estimate of drug-likeness (QED) is 0.289. The van der Waals surface area contributed by atoms with Gasteiger partial charge in [0, 0.05) is 10.5 Å². The number of nitro benzene ring substituents is 1. The van der Waals surface area contributed by atoms with Gasteiger partial charge in [0.15, 0.2) is 10.1 Å². The number of thiocarbonyl (C=S) groups is 1. The van der Waals surface area contributed by atoms with Crippen LogP contribution in [0.1, 0.15) is 5.56 Å². The van der Waals surface area contributed by atoms with Crippen molar-refractivity contribution in [3.8, 4) is 5.75 Å². The number of hydrogen-bond donors (Lipinski definition) is 1. The Balaban J connectivity index is 1.96. The Morgan fingerprint density at radius 1 is 1.31 bits per heavy atom. The van der Waals surface area contributed by atoms with Crippen molar-refractivity contribution in [1.82, 2.24) is 0 Å². The highest BCUT2D eigenvalue weighted by Gasteiger charge is 2.33. The molecule has 1 amide bonds. The molecule has 0 spiro atoms. The van der Waals surface area contributed by atoms with E-state index < -0.39 is 16.4 Å². The van der Waals surface area contributed by atoms with E-state index in [0.29, 0.717) is 30.0 Å². The number of hydrogen-bond acceptors (Lipinski definition) is 6. The number of carbonyl (C=O) groups excluding carboxylic acids is 1. The van der Waals surface area contributed by atoms with Gasteiger partial charge in [-0.1, -0.05) is 41.6 Å². The summed E-state index contributed by atoms with van der Waals surface area (Å²) in [6.07, 6.45) is 1.49. The summed E-state index contributed by atoms with van der Waals surface area (Å²) in [5, 5.41) is 20.9. The van der Waals surface area contributed by atoms with E-state index in [1.807, 2.05) is 0 Å². The van der Waals surface area contributed by atoms with Crippen LogP contribution in [-0.2, 0) is 4.79 Å². The van der Waals surface area contributed by atoms with Gasteiger partial charge in [0.1, 0.15) is 0 Å². The second kappa shape index (κ2) is 7.36. The van der Waals surface area contributed by atoms with Crippen LogP contribution in [0.5, 0.6) is 5.75 Å². The smallest absolute Gasteiger partial charge is 0.311 e. The summed E-state index contributed by atoms with van der Waals surface area (Å²) >= 11 is 15.7. The van der Waals surface area contributed by atoms with Crippen LogP contribution in [0.25, 0.3) is 6.08 Å². The van der Waals surface area contributed by atoms with E-state index >= 15 is 0 Å². The monoisotopic (exact) mass is 470 g/mol. The van der Waals surface area contributed by atoms with Gasteiger partial charge in [-0.3, -0.25) is 19.8 Å². The number of rotatable bonds is 3. The van der Waals surface area contributed by atoms with Crippen molar-refractivity contribution in [2.75, 3.05) is 4.90 Å². The number of halogens is 2. The maximum absolute atomic E-state index is 12.7. The number of phenols is 1. The van der Waals surface area contributed by atoms with Gasteiger partial charge in [-0.25, -0.2) is 0 Å². The van der Waals surface area contributed by atoms with Gasteiger partial charge in [-0.05, 0) is 51.8 Å². The van der Waals surface area contributed by atoms with Crippen LogP contribution in [0.15, 0.2) is 45.8 Å². The minimum Gasteiger partial charge on any atom is -0.502 e. The Kier molecular flexibility index (Phi) is 5.33. The van der Waals surface area contributed by atoms with Crippen LogP contribution in [-0.4, -0.2) is 20.3 Å². The fraction of sp³-hybridized carbons (Fsp3) is 0. The zero-order valence-corrected chi connectivity index (χ0v) is 16.7. The maximum atomic E-state index is 12.7. The Hall–Kier alpha value is -1.94. The molecular weight excluding hydrogens is 464 g/mol. The average molecular weight is 472 g/mol. The minimum atomic E-state index is -0.693. The number of phenolic OH excluding ortho intramolecular Hbond substituents is 1. The van der Waals surface area contributed by atoms with E-state index in [1.165, 1.54) is 29.2 Å². The average Bonchev–Trinajstić information content (AvgIpc) is 2.85. The molecule has 0 unspecified atom stereocenters. The molecule has 2 aromatic rings. The molecule has 1 aliphatic heterocycles. The zero-order chi connectivity index (χ0) is 19.0. The summed E-state index contributed by atoms with van der Waals surface area (Å²) in [4.78, 5) is 24.6. The van der Waals surface area contributed by atoms with Crippen LogP contribution >= 0.6 is 51.5 Å². The molecular formula is C16H8BrClN2O4S2. The summed E-state index contributed by atoms with van der Waals surface area (Å²) in [6.45, 7) is 0. The maximum Gasteiger partial charge on any atom is 0.311 e. The van der Waals surface area contributed by atoms with Crippen molar-refractivity contribution in [3.05, 3.63) is 66.5 Å². The summed E-state index contributed by atoms with van der Waals surface area (Å²) in [5.74, 6) is -0.793. The van der Waals surface area contributed by atoms with Gasteiger partial charge < -0.3 is 5.11 Å². The standard InChI is InChI=1S/C16H8BrClN2O4S2/c17-10-3-2-9(7-11(10)18)19-15(22)14(26-16(19)25)6-8-1-4-13(21)12(5-8)20(23)24/h1-7,21H/b14-6+. The lowest BCUT2D eigenvalue weighted by Crippen LogP contribution is -2.27. The number of thioether (sulfide) groups is 1. The number of benzene rings is 2. The van der Waals surface area contributed by atoms with Crippen molar-refractivity contribution in [2.24, 2.45) is 0 Å². The lowest BCUT2D eigenvalue weighted by molar-refractivity contribution is -0.385. The van der Waals surface area contributed by atoms with Crippen LogP contribution in [0.3, 0.4) is 0 Å². The lowest BCUT2D eigenvalue weighted by atomic mass is 10.1. The third-order valence-corrected chi connectivity index (χ3v) is 5.98. The van der Waals surface area contributed by atoms with E-state index in [0.717, 1.165) is 11.8 Å². The van der Waals surface area contributed by atoms with E-state index in [-0.39, 0.29) is 5.91 Å². The molecule has 1 aliphatic rings. The van der Waals surface area contributed by atoms with Crippen molar-refractivity contribution < 1.29 is 14.8 Å². The minimum absolute atomic E-state index is 0.314. The molecule has 0 aromatic heterocycles. The SMILES string of the molecule is O=C1/C(=C\c2ccc(O)c([N+](=O)[O-])c2)SC(=S)N1c1ccc(Br)c(Cl)c1. The van der Waals surface area contributed by atoms with E-state index in [4.69, 9.17) is 23.8 Å². The highest BCUT2D eigenvalue weighted by molar-refractivity contribution is 9.10. The molecule has 1 N–H and O–H groups in total. The topological polar surface area (TPSA) is 83.7 Å². The fourth-order valence-corrected chi connectivity index (χ4v) is 3.96. The second-order valence-electron chi connectivity index (χ2n) is 5.12. The van der Waals surface area contributed by atoms with Crippen LogP contribution in [0, 0.1) is 10.1 Å². The molecule has 0 saturated carbocycles. The summed E-state index contributed by atoms with van der Waals surface area (Å²) in [6, 6.07) is 8.91. The molecule has 1 heterocycles. The Bertz CT molecular complexity index is 996. The van der Waals surface area contributed by atoms with Gasteiger partial charge in [0.25, 0.3) is 5.91 Å². The van der Waals surface area contributed by atoms with E-state index in [9.17, 15) is 20.0 Å². The Labute approximate surface area is 170 Å². The highest BCUT2D eigenvalue weighted by atomic mass is 79.9. The molecule has 0 aliphatic carbocycles. The molecule has 0 radical (unpaired) electrons. The molecule has 6 nitrogen and oxygen atoms in total. The van der Waals surface area contributed by atoms with Gasteiger partial charge >= 0.3 is 5.69 Å². The summed E-state index contributed by atoms with van der Waals surface area (Å²) < 4.78 is 1.02. The van der Waals surface area contributed by atoms with Crippen LogP contribution in [0.4, 0.5) is 11.4 Å². The predicted octanol–water partition coefficient (Wildman–Crippen LogP) is 5.12. The molecule has 1 fully saturated rings. The lowest BCUT2D eigenvalue weighted by Gasteiger charge is -2.15. The van der Waals surface area contributed by atoms with Crippen molar-refractivity contribution in [2.45, 2.75) is 0 Å². The van der Waals surface area contributed by atoms with Gasteiger partial charge in [0.2, 0.25) is 0 Å². The number of anilines is 1. The second-order valence-corrected chi connectivity index (χ2v) is 8.06. The highest BCUT2D eigenvalue weighted by Crippen LogP contribution is 2.38. The number of aromatic hydroxyl groups is 1. The zero-order valence-electron chi connectivity index (χ0n) is 12.7. The van der Waals surface area contributed by atoms with Gasteiger partial charge in [-0.2, -0.15) is 0 Å². The van der Waals surface area contributed by atoms with Gasteiger partial charge in [-0.15, -0.1) is 0 Å². The molecule has 3 rings (SSSR count). The van der Waals surface area contributed by atoms with Gasteiger partial charge in [0.05, 0.1) is 20.5 Å². The van der Waals surface area contributed by atoms with E-state index in [1.54, 1.807) is 18.2 Å². The molecule has 2 aromatic carbocycles. The summed E-state index contributed by atoms with van der Waals surface area (Å²) in [7, 11) is 0. The Morgan fingerprint density at radius 3 is 2.69 bits per heavy atom. The predicted molar refractivity (Wildman–Crippen MR) is 110 cm³/mol. The van der Waals surface area contributed by atoms with E-state index in [2.05, 4.69) is 15.9 Å². The van der Waals surface area contributed by atoms with Crippen molar-refractivity contribution in [3.63, 3.8) is 0 Å². The Morgan fingerprint density at radius 2 is 2.04 bits per heavy atom. The van der Waals surface area contributed by atoms with Crippen molar-refractivity contribution >= 4 is 79.2 Å². The fourth-order valence-electron chi connectivity index (χ4n) is 2.24. The third kappa shape index (κ3) is 3.61. The van der Waals surface area contributed by atoms with Crippen molar-refractivity contribution in [1.29, 1.82) is 0 Å². The molecule has 132 valence electrons. The molecule has 1 saturated heterocycles. The molecule has 0 atom stereocenters.